The summed E-state index contributed by atoms with van der Waals surface area (Å²) in [7, 11) is 1.62. The predicted molar refractivity (Wildman–Crippen MR) is 93.3 cm³/mol. The number of rotatable bonds is 6. The van der Waals surface area contributed by atoms with Gasteiger partial charge in [0.1, 0.15) is 17.1 Å². The highest BCUT2D eigenvalue weighted by Gasteiger charge is 2.40. The highest BCUT2D eigenvalue weighted by atomic mass is 16.5. The molecule has 3 amide bonds. The summed E-state index contributed by atoms with van der Waals surface area (Å²) < 4.78 is 5.19. The molecule has 1 aliphatic carbocycles. The van der Waals surface area contributed by atoms with Gasteiger partial charge >= 0.3 is 6.03 Å². The topological polar surface area (TPSA) is 122 Å². The fourth-order valence-corrected chi connectivity index (χ4v) is 3.25. The second-order valence-electron chi connectivity index (χ2n) is 6.35. The Morgan fingerprint density at radius 3 is 2.80 bits per heavy atom. The highest BCUT2D eigenvalue weighted by molar-refractivity contribution is 5.90. The van der Waals surface area contributed by atoms with Crippen LogP contribution in [0.15, 0.2) is 18.2 Å². The van der Waals surface area contributed by atoms with E-state index in [0.29, 0.717) is 25.8 Å². The molecular formula is C17H23N5O3. The molecule has 1 fully saturated rings. The fourth-order valence-electron chi connectivity index (χ4n) is 3.25. The lowest BCUT2D eigenvalue weighted by molar-refractivity contribution is -0.123. The molecule has 134 valence electrons. The summed E-state index contributed by atoms with van der Waals surface area (Å²) in [5.74, 6) is 1.06. The number of benzene rings is 1. The molecule has 0 bridgehead atoms. The minimum Gasteiger partial charge on any atom is -0.497 e. The smallest absolute Gasteiger partial charge is 0.315 e. The zero-order valence-corrected chi connectivity index (χ0v) is 14.2. The van der Waals surface area contributed by atoms with E-state index < -0.39 is 11.4 Å². The summed E-state index contributed by atoms with van der Waals surface area (Å²) >= 11 is 0. The molecule has 8 nitrogen and oxygen atoms in total. The Morgan fingerprint density at radius 1 is 1.36 bits per heavy atom. The molecule has 3 rings (SSSR count). The van der Waals surface area contributed by atoms with E-state index >= 15 is 0 Å². The number of imidazole rings is 1. The maximum Gasteiger partial charge on any atom is 0.315 e. The summed E-state index contributed by atoms with van der Waals surface area (Å²) in [6, 6.07) is 5.23. The summed E-state index contributed by atoms with van der Waals surface area (Å²) in [5.41, 5.74) is 6.29. The van der Waals surface area contributed by atoms with Gasteiger partial charge in [0, 0.05) is 19.0 Å². The Bertz CT molecular complexity index is 780. The van der Waals surface area contributed by atoms with Crippen molar-refractivity contribution in [3.05, 3.63) is 24.0 Å². The van der Waals surface area contributed by atoms with Gasteiger partial charge in [-0.15, -0.1) is 0 Å². The van der Waals surface area contributed by atoms with Crippen molar-refractivity contribution in [2.45, 2.75) is 37.6 Å². The lowest BCUT2D eigenvalue weighted by Gasteiger charge is -2.26. The molecule has 1 heterocycles. The third-order valence-corrected chi connectivity index (χ3v) is 4.67. The van der Waals surface area contributed by atoms with Crippen LogP contribution in [0.4, 0.5) is 4.79 Å². The first-order chi connectivity index (χ1) is 12.0. The quantitative estimate of drug-likeness (QED) is 0.628. The first-order valence-corrected chi connectivity index (χ1v) is 8.41. The number of methoxy groups -OCH3 is 1. The second kappa shape index (κ2) is 7.00. The number of carbonyl (C=O) groups excluding carboxylic acids is 2. The molecule has 2 aromatic rings. The number of ether oxygens (including phenoxy) is 1. The molecule has 0 radical (unpaired) electrons. The highest BCUT2D eigenvalue weighted by Crippen LogP contribution is 2.29. The molecule has 1 aromatic carbocycles. The second-order valence-corrected chi connectivity index (χ2v) is 6.35. The molecule has 0 atom stereocenters. The number of urea groups is 1. The van der Waals surface area contributed by atoms with Gasteiger partial charge in [-0.25, -0.2) is 9.78 Å². The molecular weight excluding hydrogens is 322 g/mol. The van der Waals surface area contributed by atoms with E-state index in [0.717, 1.165) is 35.4 Å². The average Bonchev–Trinajstić information content (AvgIpc) is 3.21. The van der Waals surface area contributed by atoms with Crippen LogP contribution in [0.2, 0.25) is 0 Å². The summed E-state index contributed by atoms with van der Waals surface area (Å²) in [5, 5.41) is 5.51. The van der Waals surface area contributed by atoms with Gasteiger partial charge in [0.2, 0.25) is 5.91 Å². The van der Waals surface area contributed by atoms with Gasteiger partial charge < -0.3 is 26.1 Å². The normalized spacial score (nSPS) is 15.9. The number of nitrogens with one attached hydrogen (secondary N) is 3. The molecule has 0 spiro atoms. The number of nitrogens with two attached hydrogens (primary N) is 1. The number of nitrogens with zero attached hydrogens (tertiary/aromatic N) is 1. The van der Waals surface area contributed by atoms with Gasteiger partial charge in [0.15, 0.2) is 0 Å². The average molecular weight is 345 g/mol. The summed E-state index contributed by atoms with van der Waals surface area (Å²) in [6.45, 7) is 0.400. The number of fused-ring (bicyclic) bond motifs is 1. The predicted octanol–water partition coefficient (Wildman–Crippen LogP) is 1.21. The van der Waals surface area contributed by atoms with E-state index in [4.69, 9.17) is 10.5 Å². The molecule has 25 heavy (non-hydrogen) atoms. The Kier molecular flexibility index (Phi) is 4.78. The Hall–Kier alpha value is -2.77. The number of aromatic nitrogens is 2. The number of carbonyl (C=O) groups is 2. The van der Waals surface area contributed by atoms with Crippen LogP contribution < -0.4 is 21.1 Å². The van der Waals surface area contributed by atoms with Crippen molar-refractivity contribution in [2.75, 3.05) is 13.7 Å². The van der Waals surface area contributed by atoms with Crippen molar-refractivity contribution in [1.29, 1.82) is 0 Å². The summed E-state index contributed by atoms with van der Waals surface area (Å²) in [4.78, 5) is 31.4. The standard InChI is InChI=1S/C17H23N5O3/c1-25-11-4-5-12-13(10-11)21-14(20-12)6-9-19-16(24)22-17(15(18)23)7-2-3-8-17/h4-5,10H,2-3,6-9H2,1H3,(H2,18,23)(H,20,21)(H2,19,22,24). The number of amides is 3. The van der Waals surface area contributed by atoms with Crippen molar-refractivity contribution < 1.29 is 14.3 Å². The van der Waals surface area contributed by atoms with Crippen molar-refractivity contribution in [3.8, 4) is 5.75 Å². The van der Waals surface area contributed by atoms with Crippen molar-refractivity contribution in [1.82, 2.24) is 20.6 Å². The van der Waals surface area contributed by atoms with Crippen LogP contribution in [-0.4, -0.2) is 41.1 Å². The van der Waals surface area contributed by atoms with E-state index in [1.54, 1.807) is 7.11 Å². The minimum atomic E-state index is -0.903. The molecule has 5 N–H and O–H groups in total. The van der Waals surface area contributed by atoms with E-state index in [9.17, 15) is 9.59 Å². The maximum atomic E-state index is 12.1. The lowest BCUT2D eigenvalue weighted by Crippen LogP contribution is -2.58. The first-order valence-electron chi connectivity index (χ1n) is 8.41. The zero-order chi connectivity index (χ0) is 17.9. The van der Waals surface area contributed by atoms with Crippen LogP contribution in [0.25, 0.3) is 11.0 Å². The van der Waals surface area contributed by atoms with Gasteiger partial charge in [-0.3, -0.25) is 4.79 Å². The van der Waals surface area contributed by atoms with Crippen LogP contribution in [0.5, 0.6) is 5.75 Å². The molecule has 0 unspecified atom stereocenters. The Morgan fingerprint density at radius 2 is 2.12 bits per heavy atom. The molecule has 0 aliphatic heterocycles. The first kappa shape index (κ1) is 17.1. The van der Waals surface area contributed by atoms with Crippen molar-refractivity contribution in [2.24, 2.45) is 5.73 Å². The number of aromatic amines is 1. The molecule has 8 heteroatoms. The Balaban J connectivity index is 1.54. The van der Waals surface area contributed by atoms with Crippen LogP contribution >= 0.6 is 0 Å². The van der Waals surface area contributed by atoms with Crippen LogP contribution in [-0.2, 0) is 11.2 Å². The van der Waals surface area contributed by atoms with Crippen LogP contribution in [0.3, 0.4) is 0 Å². The molecule has 1 aliphatic rings. The molecule has 1 saturated carbocycles. The van der Waals surface area contributed by atoms with Gasteiger partial charge in [-0.2, -0.15) is 0 Å². The van der Waals surface area contributed by atoms with Gasteiger partial charge in [0.05, 0.1) is 18.1 Å². The minimum absolute atomic E-state index is 0.376. The van der Waals surface area contributed by atoms with Crippen LogP contribution in [0.1, 0.15) is 31.5 Å². The number of H-pyrrole nitrogens is 1. The fraction of sp³-hybridized carbons (Fsp3) is 0.471. The van der Waals surface area contributed by atoms with Gasteiger partial charge in [-0.05, 0) is 25.0 Å². The van der Waals surface area contributed by atoms with Gasteiger partial charge in [-0.1, -0.05) is 12.8 Å². The van der Waals surface area contributed by atoms with Crippen LogP contribution in [0, 0.1) is 0 Å². The lowest BCUT2D eigenvalue weighted by atomic mass is 9.97. The molecule has 1 aromatic heterocycles. The largest absolute Gasteiger partial charge is 0.497 e. The third-order valence-electron chi connectivity index (χ3n) is 4.67. The SMILES string of the molecule is COc1ccc2nc(CCNC(=O)NC3(C(N)=O)CCCC3)[nH]c2c1. The summed E-state index contributed by atoms with van der Waals surface area (Å²) in [6.07, 6.45) is 3.54. The third kappa shape index (κ3) is 3.67. The van der Waals surface area contributed by atoms with Crippen molar-refractivity contribution in [3.63, 3.8) is 0 Å². The zero-order valence-electron chi connectivity index (χ0n) is 14.2. The van der Waals surface area contributed by atoms with E-state index in [-0.39, 0.29) is 6.03 Å². The number of hydrogen-bond acceptors (Lipinski definition) is 4. The number of hydrogen-bond donors (Lipinski definition) is 4. The molecule has 0 saturated heterocycles. The van der Waals surface area contributed by atoms with E-state index in [1.807, 2.05) is 18.2 Å². The van der Waals surface area contributed by atoms with E-state index in [1.165, 1.54) is 0 Å². The van der Waals surface area contributed by atoms with Gasteiger partial charge in [0.25, 0.3) is 0 Å². The number of primary amides is 1. The Labute approximate surface area is 145 Å². The van der Waals surface area contributed by atoms with E-state index in [2.05, 4.69) is 20.6 Å². The van der Waals surface area contributed by atoms with Crippen molar-refractivity contribution >= 4 is 23.0 Å². The monoisotopic (exact) mass is 345 g/mol. The maximum absolute atomic E-state index is 12.1.